The van der Waals surface area contributed by atoms with Crippen LogP contribution in [0.1, 0.15) is 30.9 Å². The summed E-state index contributed by atoms with van der Waals surface area (Å²) in [5.74, 6) is -2.29. The summed E-state index contributed by atoms with van der Waals surface area (Å²) in [4.78, 5) is 25.6. The van der Waals surface area contributed by atoms with Gasteiger partial charge in [-0.2, -0.15) is 0 Å². The van der Waals surface area contributed by atoms with Crippen LogP contribution in [-0.2, 0) is 26.2 Å². The van der Waals surface area contributed by atoms with Crippen molar-refractivity contribution in [3.05, 3.63) is 35.4 Å². The number of carboxylic acids is 1. The minimum absolute atomic E-state index is 0.0139. The average Bonchev–Trinajstić information content (AvgIpc) is 2.42. The number of fused-ring (bicyclic) bond motifs is 1. The molecule has 0 bridgehead atoms. The van der Waals surface area contributed by atoms with Gasteiger partial charge in [-0.05, 0) is 25.0 Å². The summed E-state index contributed by atoms with van der Waals surface area (Å²) >= 11 is 0. The second kappa shape index (κ2) is 5.93. The lowest BCUT2D eigenvalue weighted by atomic mass is 9.89. The molecule has 126 valence electrons. The van der Waals surface area contributed by atoms with Crippen LogP contribution in [0.3, 0.4) is 0 Å². The maximum atomic E-state index is 12.7. The second-order valence-electron chi connectivity index (χ2n) is 6.27. The number of carboxylic acid groups (broad SMARTS) is 1. The quantitative estimate of drug-likeness (QED) is 0.832. The molecule has 0 fully saturated rings. The standard InChI is InChI=1S/C15H20N2O5S/c1-15(2,16-23(3,21)22)14(20)17-8-10-6-4-5-7-11(10)12(9-17)13(18)19/h4-7,12,16H,8-9H2,1-3H3,(H,18,19). The van der Waals surface area contributed by atoms with Gasteiger partial charge in [-0.1, -0.05) is 24.3 Å². The summed E-state index contributed by atoms with van der Waals surface area (Å²) in [5.41, 5.74) is 0.107. The molecular formula is C15H20N2O5S. The first-order valence-corrected chi connectivity index (χ1v) is 8.99. The van der Waals surface area contributed by atoms with Crippen molar-refractivity contribution in [2.75, 3.05) is 12.8 Å². The topological polar surface area (TPSA) is 104 Å². The zero-order valence-corrected chi connectivity index (χ0v) is 14.1. The Hall–Kier alpha value is -1.93. The van der Waals surface area contributed by atoms with E-state index < -0.39 is 33.4 Å². The van der Waals surface area contributed by atoms with E-state index in [-0.39, 0.29) is 13.1 Å². The normalized spacial score (nSPS) is 18.4. The third kappa shape index (κ3) is 3.89. The summed E-state index contributed by atoms with van der Waals surface area (Å²) in [7, 11) is -3.57. The number of carbonyl (C=O) groups excluding carboxylic acids is 1. The predicted octanol–water partition coefficient (Wildman–Crippen LogP) is 0.525. The largest absolute Gasteiger partial charge is 0.481 e. The van der Waals surface area contributed by atoms with Gasteiger partial charge in [0.2, 0.25) is 15.9 Å². The Balaban J connectivity index is 2.32. The molecule has 1 aliphatic heterocycles. The van der Waals surface area contributed by atoms with E-state index in [0.29, 0.717) is 5.56 Å². The van der Waals surface area contributed by atoms with E-state index in [1.807, 2.05) is 0 Å². The van der Waals surface area contributed by atoms with Gasteiger partial charge >= 0.3 is 5.97 Å². The van der Waals surface area contributed by atoms with Crippen molar-refractivity contribution in [2.24, 2.45) is 0 Å². The highest BCUT2D eigenvalue weighted by molar-refractivity contribution is 7.88. The van der Waals surface area contributed by atoms with E-state index in [2.05, 4.69) is 4.72 Å². The maximum absolute atomic E-state index is 12.7. The predicted molar refractivity (Wildman–Crippen MR) is 84.3 cm³/mol. The van der Waals surface area contributed by atoms with Crippen molar-refractivity contribution in [3.63, 3.8) is 0 Å². The monoisotopic (exact) mass is 340 g/mol. The van der Waals surface area contributed by atoms with E-state index in [1.165, 1.54) is 18.7 Å². The molecule has 0 aromatic heterocycles. The first-order chi connectivity index (χ1) is 10.5. The van der Waals surface area contributed by atoms with Crippen molar-refractivity contribution >= 4 is 21.9 Å². The van der Waals surface area contributed by atoms with Gasteiger partial charge in [0.05, 0.1) is 12.2 Å². The smallest absolute Gasteiger partial charge is 0.312 e. The van der Waals surface area contributed by atoms with Crippen molar-refractivity contribution in [1.29, 1.82) is 0 Å². The molecule has 1 atom stereocenters. The maximum Gasteiger partial charge on any atom is 0.312 e. The van der Waals surface area contributed by atoms with Gasteiger partial charge in [0.25, 0.3) is 0 Å². The zero-order valence-electron chi connectivity index (χ0n) is 13.2. The van der Waals surface area contributed by atoms with Crippen LogP contribution in [0.15, 0.2) is 24.3 Å². The number of aliphatic carboxylic acids is 1. The number of benzene rings is 1. The van der Waals surface area contributed by atoms with E-state index in [4.69, 9.17) is 0 Å². The number of nitrogens with one attached hydrogen (secondary N) is 1. The summed E-state index contributed by atoms with van der Waals surface area (Å²) in [6.07, 6.45) is 0.980. The number of amides is 1. The Morgan fingerprint density at radius 1 is 1.30 bits per heavy atom. The highest BCUT2D eigenvalue weighted by Gasteiger charge is 2.39. The molecule has 1 amide bonds. The Morgan fingerprint density at radius 3 is 2.48 bits per heavy atom. The number of hydrogen-bond donors (Lipinski definition) is 2. The average molecular weight is 340 g/mol. The minimum atomic E-state index is -3.57. The van der Waals surface area contributed by atoms with Crippen LogP contribution in [0.25, 0.3) is 0 Å². The van der Waals surface area contributed by atoms with Crippen molar-refractivity contribution < 1.29 is 23.1 Å². The molecule has 8 heteroatoms. The molecule has 23 heavy (non-hydrogen) atoms. The zero-order chi connectivity index (χ0) is 17.4. The molecule has 0 saturated carbocycles. The van der Waals surface area contributed by atoms with E-state index in [0.717, 1.165) is 11.8 Å². The lowest BCUT2D eigenvalue weighted by molar-refractivity contribution is -0.143. The fourth-order valence-corrected chi connectivity index (χ4v) is 3.89. The Morgan fingerprint density at radius 2 is 1.91 bits per heavy atom. The van der Waals surface area contributed by atoms with Gasteiger partial charge in [0.1, 0.15) is 5.54 Å². The molecule has 0 spiro atoms. The van der Waals surface area contributed by atoms with Gasteiger partial charge in [0, 0.05) is 13.1 Å². The van der Waals surface area contributed by atoms with Gasteiger partial charge in [0.15, 0.2) is 0 Å². The number of rotatable bonds is 4. The highest BCUT2D eigenvalue weighted by Crippen LogP contribution is 2.29. The summed E-state index contributed by atoms with van der Waals surface area (Å²) in [5, 5.41) is 9.42. The summed E-state index contributed by atoms with van der Waals surface area (Å²) in [6.45, 7) is 3.20. The molecule has 1 heterocycles. The van der Waals surface area contributed by atoms with E-state index in [9.17, 15) is 23.1 Å². The molecule has 0 saturated heterocycles. The van der Waals surface area contributed by atoms with Crippen LogP contribution in [0.4, 0.5) is 0 Å². The molecule has 1 aliphatic rings. The van der Waals surface area contributed by atoms with Crippen LogP contribution in [0.2, 0.25) is 0 Å². The summed E-state index contributed by atoms with van der Waals surface area (Å²) in [6, 6.07) is 7.07. The van der Waals surface area contributed by atoms with Crippen molar-refractivity contribution in [1.82, 2.24) is 9.62 Å². The number of sulfonamides is 1. The van der Waals surface area contributed by atoms with Crippen LogP contribution in [-0.4, -0.2) is 48.6 Å². The molecule has 2 rings (SSSR count). The molecule has 1 unspecified atom stereocenters. The van der Waals surface area contributed by atoms with Crippen molar-refractivity contribution in [3.8, 4) is 0 Å². The Kier molecular flexibility index (Phi) is 4.50. The third-order valence-corrected chi connectivity index (χ3v) is 4.64. The third-order valence-electron chi connectivity index (χ3n) is 3.76. The fraction of sp³-hybridized carbons (Fsp3) is 0.467. The SMILES string of the molecule is CC(C)(NS(C)(=O)=O)C(=O)N1Cc2ccccc2C(C(=O)O)C1. The molecule has 2 N–H and O–H groups in total. The number of carbonyl (C=O) groups is 2. The van der Waals surface area contributed by atoms with Gasteiger partial charge in [-0.3, -0.25) is 9.59 Å². The molecule has 1 aromatic carbocycles. The fourth-order valence-electron chi connectivity index (χ4n) is 2.88. The summed E-state index contributed by atoms with van der Waals surface area (Å²) < 4.78 is 25.2. The number of nitrogens with zero attached hydrogens (tertiary/aromatic N) is 1. The van der Waals surface area contributed by atoms with E-state index >= 15 is 0 Å². The second-order valence-corrected chi connectivity index (χ2v) is 8.02. The van der Waals surface area contributed by atoms with Crippen molar-refractivity contribution in [2.45, 2.75) is 31.8 Å². The Bertz CT molecular complexity index is 742. The first kappa shape index (κ1) is 17.4. The van der Waals surface area contributed by atoms with Crippen LogP contribution >= 0.6 is 0 Å². The Labute approximate surface area is 135 Å². The molecule has 0 radical (unpaired) electrons. The van der Waals surface area contributed by atoms with Gasteiger partial charge in [-0.15, -0.1) is 0 Å². The highest BCUT2D eigenvalue weighted by atomic mass is 32.2. The minimum Gasteiger partial charge on any atom is -0.481 e. The lowest BCUT2D eigenvalue weighted by Gasteiger charge is -2.37. The van der Waals surface area contributed by atoms with Gasteiger partial charge < -0.3 is 10.0 Å². The van der Waals surface area contributed by atoms with Crippen LogP contribution in [0.5, 0.6) is 0 Å². The molecule has 7 nitrogen and oxygen atoms in total. The molecule has 1 aromatic rings. The number of hydrogen-bond acceptors (Lipinski definition) is 4. The lowest BCUT2D eigenvalue weighted by Crippen LogP contribution is -2.57. The van der Waals surface area contributed by atoms with Crippen LogP contribution < -0.4 is 4.72 Å². The molecule has 0 aliphatic carbocycles. The van der Waals surface area contributed by atoms with Gasteiger partial charge in [-0.25, -0.2) is 13.1 Å². The first-order valence-electron chi connectivity index (χ1n) is 7.10. The van der Waals surface area contributed by atoms with E-state index in [1.54, 1.807) is 24.3 Å². The van der Waals surface area contributed by atoms with Crippen LogP contribution in [0, 0.1) is 0 Å². The molecular weight excluding hydrogens is 320 g/mol.